The minimum atomic E-state index is -0.608. The number of rotatable bonds is 10. The number of aromatic nitrogens is 1. The number of halogens is 1. The van der Waals surface area contributed by atoms with Gasteiger partial charge < -0.3 is 15.4 Å². The molecular weight excluding hydrogens is 417 g/mol. The van der Waals surface area contributed by atoms with Crippen molar-refractivity contribution in [2.24, 2.45) is 0 Å². The van der Waals surface area contributed by atoms with Crippen molar-refractivity contribution in [3.05, 3.63) is 82.1 Å². The van der Waals surface area contributed by atoms with Gasteiger partial charge in [-0.25, -0.2) is 9.37 Å². The van der Waals surface area contributed by atoms with E-state index in [1.54, 1.807) is 35.7 Å². The normalized spacial score (nSPS) is 11.5. The molecule has 0 aliphatic rings. The van der Waals surface area contributed by atoms with E-state index in [2.05, 4.69) is 15.6 Å². The molecule has 0 aliphatic heterocycles. The van der Waals surface area contributed by atoms with Crippen molar-refractivity contribution in [1.82, 2.24) is 15.6 Å². The van der Waals surface area contributed by atoms with Crippen molar-refractivity contribution in [2.45, 2.75) is 32.4 Å². The number of carbonyl (C=O) groups is 2. The highest BCUT2D eigenvalue weighted by Crippen LogP contribution is 2.14. The van der Waals surface area contributed by atoms with Crippen LogP contribution in [0.3, 0.4) is 0 Å². The Morgan fingerprint density at radius 3 is 2.58 bits per heavy atom. The molecule has 3 aromatic rings. The zero-order valence-corrected chi connectivity index (χ0v) is 18.0. The monoisotopic (exact) mass is 441 g/mol. The molecule has 3 rings (SSSR count). The Bertz CT molecular complexity index is 1010. The first kappa shape index (κ1) is 22.4. The lowest BCUT2D eigenvalue weighted by Crippen LogP contribution is -2.37. The summed E-state index contributed by atoms with van der Waals surface area (Å²) in [7, 11) is 0. The minimum Gasteiger partial charge on any atom is -0.481 e. The molecule has 0 saturated carbocycles. The van der Waals surface area contributed by atoms with Crippen LogP contribution >= 0.6 is 11.3 Å². The molecule has 162 valence electrons. The van der Waals surface area contributed by atoms with Crippen LogP contribution < -0.4 is 15.4 Å². The molecule has 31 heavy (non-hydrogen) atoms. The summed E-state index contributed by atoms with van der Waals surface area (Å²) in [5.74, 6) is -0.223. The molecule has 2 amide bonds. The number of thiazole rings is 1. The van der Waals surface area contributed by atoms with Crippen LogP contribution in [-0.4, -0.2) is 29.4 Å². The molecule has 2 aromatic carbocycles. The highest BCUT2D eigenvalue weighted by molar-refractivity contribution is 7.09. The molecule has 1 heterocycles. The Morgan fingerprint density at radius 2 is 1.84 bits per heavy atom. The zero-order valence-electron chi connectivity index (χ0n) is 17.1. The van der Waals surface area contributed by atoms with E-state index in [1.165, 1.54) is 17.4 Å². The first-order valence-electron chi connectivity index (χ1n) is 10.0. The van der Waals surface area contributed by atoms with Crippen LogP contribution in [0.5, 0.6) is 5.75 Å². The van der Waals surface area contributed by atoms with E-state index >= 15 is 0 Å². The van der Waals surface area contributed by atoms with Crippen LogP contribution in [0.4, 0.5) is 4.39 Å². The summed E-state index contributed by atoms with van der Waals surface area (Å²) in [6, 6.07) is 15.6. The van der Waals surface area contributed by atoms with Gasteiger partial charge in [-0.3, -0.25) is 9.59 Å². The Kier molecular flexibility index (Phi) is 8.12. The van der Waals surface area contributed by atoms with Crippen molar-refractivity contribution in [1.29, 1.82) is 0 Å². The van der Waals surface area contributed by atoms with Crippen molar-refractivity contribution in [3.8, 4) is 5.75 Å². The molecule has 0 saturated heterocycles. The number of nitrogens with one attached hydrogen (secondary N) is 2. The summed E-state index contributed by atoms with van der Waals surface area (Å²) in [6.45, 7) is 2.39. The molecule has 0 aliphatic carbocycles. The summed E-state index contributed by atoms with van der Waals surface area (Å²) in [4.78, 5) is 29.0. The topological polar surface area (TPSA) is 80.3 Å². The van der Waals surface area contributed by atoms with Gasteiger partial charge in [0.15, 0.2) is 6.10 Å². The first-order valence-corrected chi connectivity index (χ1v) is 10.9. The van der Waals surface area contributed by atoms with Gasteiger partial charge in [0.2, 0.25) is 0 Å². The predicted molar refractivity (Wildman–Crippen MR) is 118 cm³/mol. The fourth-order valence-electron chi connectivity index (χ4n) is 2.86. The molecule has 0 fully saturated rings. The Balaban J connectivity index is 1.46. The van der Waals surface area contributed by atoms with E-state index in [-0.39, 0.29) is 29.9 Å². The van der Waals surface area contributed by atoms with E-state index in [0.29, 0.717) is 35.7 Å². The average Bonchev–Trinajstić information content (AvgIpc) is 3.27. The third kappa shape index (κ3) is 6.62. The number of carbonyl (C=O) groups excluding carboxylic acids is 2. The fourth-order valence-corrected chi connectivity index (χ4v) is 3.57. The fraction of sp³-hybridized carbons (Fsp3) is 0.261. The molecule has 0 radical (unpaired) electrons. The number of hydrogen-bond acceptors (Lipinski definition) is 5. The van der Waals surface area contributed by atoms with Crippen LogP contribution in [0, 0.1) is 5.82 Å². The molecule has 2 N–H and O–H groups in total. The van der Waals surface area contributed by atoms with Crippen LogP contribution in [0.25, 0.3) is 0 Å². The highest BCUT2D eigenvalue weighted by atomic mass is 32.1. The quantitative estimate of drug-likeness (QED) is 0.502. The van der Waals surface area contributed by atoms with Crippen molar-refractivity contribution < 1.29 is 18.7 Å². The van der Waals surface area contributed by atoms with E-state index in [4.69, 9.17) is 4.74 Å². The van der Waals surface area contributed by atoms with Gasteiger partial charge in [-0.05, 0) is 36.6 Å². The number of ether oxygens (including phenoxy) is 1. The maximum atomic E-state index is 13.6. The van der Waals surface area contributed by atoms with Gasteiger partial charge in [-0.15, -0.1) is 11.3 Å². The van der Waals surface area contributed by atoms with Gasteiger partial charge in [0, 0.05) is 11.9 Å². The van der Waals surface area contributed by atoms with Crippen LogP contribution in [0.2, 0.25) is 0 Å². The molecule has 1 atom stereocenters. The van der Waals surface area contributed by atoms with E-state index in [0.717, 1.165) is 0 Å². The third-order valence-electron chi connectivity index (χ3n) is 4.52. The summed E-state index contributed by atoms with van der Waals surface area (Å²) in [5, 5.41) is 7.79. The molecule has 8 heteroatoms. The third-order valence-corrected chi connectivity index (χ3v) is 5.37. The molecule has 1 unspecified atom stereocenters. The Morgan fingerprint density at radius 1 is 1.10 bits per heavy atom. The van der Waals surface area contributed by atoms with Gasteiger partial charge in [0.25, 0.3) is 11.8 Å². The number of benzene rings is 2. The Labute approximate surface area is 184 Å². The van der Waals surface area contributed by atoms with Crippen molar-refractivity contribution in [3.63, 3.8) is 0 Å². The maximum absolute atomic E-state index is 13.6. The number of hydrogen-bond donors (Lipinski definition) is 2. The molecule has 0 bridgehead atoms. The molecule has 1 aromatic heterocycles. The molecular formula is C23H24FN3O3S. The smallest absolute Gasteiger partial charge is 0.270 e. The van der Waals surface area contributed by atoms with E-state index < -0.39 is 6.10 Å². The lowest BCUT2D eigenvalue weighted by atomic mass is 10.1. The van der Waals surface area contributed by atoms with Gasteiger partial charge in [0.1, 0.15) is 22.3 Å². The van der Waals surface area contributed by atoms with Crippen LogP contribution in [0.1, 0.15) is 34.4 Å². The van der Waals surface area contributed by atoms with Gasteiger partial charge in [-0.1, -0.05) is 43.3 Å². The SMILES string of the molecule is CCC(Oc1ccccc1)C(=O)NCc1nc(C(=O)NCCc2ccccc2F)cs1. The van der Waals surface area contributed by atoms with Crippen LogP contribution in [-0.2, 0) is 17.8 Å². The largest absolute Gasteiger partial charge is 0.481 e. The van der Waals surface area contributed by atoms with E-state index in [9.17, 15) is 14.0 Å². The standard InChI is InChI=1S/C23H24FN3O3S/c1-2-20(30-17-9-4-3-5-10-17)23(29)26-14-21-27-19(15-31-21)22(28)25-13-12-16-8-6-7-11-18(16)24/h3-11,15,20H,2,12-14H2,1H3,(H,25,28)(H,26,29). The summed E-state index contributed by atoms with van der Waals surface area (Å²) >= 11 is 1.29. The second kappa shape index (κ2) is 11.2. The second-order valence-corrected chi connectivity index (χ2v) is 7.71. The highest BCUT2D eigenvalue weighted by Gasteiger charge is 2.19. The lowest BCUT2D eigenvalue weighted by molar-refractivity contribution is -0.128. The summed E-state index contributed by atoms with van der Waals surface area (Å²) in [5.41, 5.74) is 0.822. The van der Waals surface area contributed by atoms with Crippen LogP contribution in [0.15, 0.2) is 60.0 Å². The van der Waals surface area contributed by atoms with Crippen molar-refractivity contribution >= 4 is 23.2 Å². The number of amides is 2. The lowest BCUT2D eigenvalue weighted by Gasteiger charge is -2.16. The first-order chi connectivity index (χ1) is 15.1. The molecule has 0 spiro atoms. The second-order valence-electron chi connectivity index (χ2n) is 6.77. The van der Waals surface area contributed by atoms with E-state index in [1.807, 2.05) is 25.1 Å². The van der Waals surface area contributed by atoms with Gasteiger partial charge in [0.05, 0.1) is 6.54 Å². The summed E-state index contributed by atoms with van der Waals surface area (Å²) < 4.78 is 19.4. The molecule has 6 nitrogen and oxygen atoms in total. The van der Waals surface area contributed by atoms with Gasteiger partial charge in [-0.2, -0.15) is 0 Å². The minimum absolute atomic E-state index is 0.209. The average molecular weight is 442 g/mol. The number of para-hydroxylation sites is 1. The van der Waals surface area contributed by atoms with Gasteiger partial charge >= 0.3 is 0 Å². The maximum Gasteiger partial charge on any atom is 0.270 e. The zero-order chi connectivity index (χ0) is 22.1. The van der Waals surface area contributed by atoms with Crippen molar-refractivity contribution in [2.75, 3.05) is 6.54 Å². The Hall–Kier alpha value is -3.26. The number of nitrogens with zero attached hydrogens (tertiary/aromatic N) is 1. The predicted octanol–water partition coefficient (Wildman–Crippen LogP) is 3.73. The summed E-state index contributed by atoms with van der Waals surface area (Å²) in [6.07, 6.45) is 0.308.